The Balaban J connectivity index is 2.10. The van der Waals surface area contributed by atoms with Crippen molar-refractivity contribution in [1.82, 2.24) is 5.32 Å². The van der Waals surface area contributed by atoms with E-state index in [0.717, 1.165) is 0 Å². The van der Waals surface area contributed by atoms with Crippen molar-refractivity contribution in [2.24, 2.45) is 0 Å². The van der Waals surface area contributed by atoms with Gasteiger partial charge >= 0.3 is 0 Å². The van der Waals surface area contributed by atoms with Crippen LogP contribution in [0.4, 0.5) is 0 Å². The molecule has 0 bridgehead atoms. The van der Waals surface area contributed by atoms with E-state index in [1.54, 1.807) is 0 Å². The topological polar surface area (TPSA) is 12.0 Å². The van der Waals surface area contributed by atoms with E-state index >= 15 is 0 Å². The van der Waals surface area contributed by atoms with Gasteiger partial charge in [0.05, 0.1) is 0 Å². The zero-order valence-electron chi connectivity index (χ0n) is 8.66. The van der Waals surface area contributed by atoms with Gasteiger partial charge in [-0.3, -0.25) is 0 Å². The minimum absolute atomic E-state index is 0.607. The summed E-state index contributed by atoms with van der Waals surface area (Å²) in [6.07, 6.45) is 4.88. The summed E-state index contributed by atoms with van der Waals surface area (Å²) in [6, 6.07) is 11.1. The van der Waals surface area contributed by atoms with Crippen molar-refractivity contribution in [3.8, 4) is 0 Å². The van der Waals surface area contributed by atoms with Crippen LogP contribution in [0, 0.1) is 0 Å². The van der Waals surface area contributed by atoms with Gasteiger partial charge in [0.1, 0.15) is 0 Å². The highest BCUT2D eigenvalue weighted by Crippen LogP contribution is 2.16. The predicted octanol–water partition coefficient (Wildman–Crippen LogP) is 2.84. The van der Waals surface area contributed by atoms with Crippen molar-refractivity contribution < 1.29 is 0 Å². The molecule has 1 heterocycles. The van der Waals surface area contributed by atoms with Crippen LogP contribution in [0.15, 0.2) is 35.9 Å². The van der Waals surface area contributed by atoms with Crippen LogP contribution in [-0.2, 0) is 0 Å². The Bertz CT molecular complexity index is 307. The Morgan fingerprint density at radius 3 is 2.79 bits per heavy atom. The van der Waals surface area contributed by atoms with Crippen LogP contribution in [0.5, 0.6) is 0 Å². The Hall–Kier alpha value is -1.08. The second-order valence-corrected chi connectivity index (χ2v) is 3.95. The van der Waals surface area contributed by atoms with E-state index in [9.17, 15) is 0 Å². The van der Waals surface area contributed by atoms with Gasteiger partial charge in [0.2, 0.25) is 0 Å². The lowest BCUT2D eigenvalue weighted by molar-refractivity contribution is 0.693. The number of rotatable bonds is 2. The Labute approximate surface area is 85.8 Å². The second kappa shape index (κ2) is 4.43. The third-order valence-electron chi connectivity index (χ3n) is 2.80. The predicted molar refractivity (Wildman–Crippen MR) is 61.1 cm³/mol. The van der Waals surface area contributed by atoms with Gasteiger partial charge < -0.3 is 5.32 Å². The Morgan fingerprint density at radius 2 is 2.14 bits per heavy atom. The van der Waals surface area contributed by atoms with Crippen molar-refractivity contribution in [3.63, 3.8) is 0 Å². The molecule has 2 rings (SSSR count). The van der Waals surface area contributed by atoms with Gasteiger partial charge in [-0.2, -0.15) is 0 Å². The zero-order valence-corrected chi connectivity index (χ0v) is 8.66. The van der Waals surface area contributed by atoms with Crippen molar-refractivity contribution in [1.29, 1.82) is 0 Å². The molecule has 0 amide bonds. The Morgan fingerprint density at radius 1 is 1.36 bits per heavy atom. The van der Waals surface area contributed by atoms with Crippen molar-refractivity contribution in [2.75, 3.05) is 6.54 Å². The largest absolute Gasteiger partial charge is 0.310 e. The van der Waals surface area contributed by atoms with Gasteiger partial charge in [0.25, 0.3) is 0 Å². The molecule has 1 heteroatoms. The summed E-state index contributed by atoms with van der Waals surface area (Å²) in [6.45, 7) is 3.39. The molecule has 74 valence electrons. The van der Waals surface area contributed by atoms with Crippen LogP contribution in [0.3, 0.4) is 0 Å². The zero-order chi connectivity index (χ0) is 9.80. The maximum atomic E-state index is 3.51. The van der Waals surface area contributed by atoms with Crippen molar-refractivity contribution in [2.45, 2.75) is 25.8 Å². The quantitative estimate of drug-likeness (QED) is 0.750. The van der Waals surface area contributed by atoms with E-state index in [2.05, 4.69) is 48.6 Å². The average molecular weight is 187 g/mol. The molecule has 1 nitrogen and oxygen atoms in total. The normalized spacial score (nSPS) is 22.6. The molecular weight excluding hydrogens is 170 g/mol. The molecule has 0 saturated carbocycles. The molecule has 1 aliphatic rings. The lowest BCUT2D eigenvalue weighted by atomic mass is 10.0. The molecule has 0 radical (unpaired) electrons. The average Bonchev–Trinajstić information content (AvgIpc) is 2.72. The highest BCUT2D eigenvalue weighted by atomic mass is 14.9. The van der Waals surface area contributed by atoms with Crippen LogP contribution >= 0.6 is 0 Å². The molecule has 1 atom stereocenters. The van der Waals surface area contributed by atoms with E-state index in [-0.39, 0.29) is 0 Å². The summed E-state index contributed by atoms with van der Waals surface area (Å²) in [7, 11) is 0. The first-order valence-corrected chi connectivity index (χ1v) is 5.33. The number of benzene rings is 1. The molecule has 1 N–H and O–H groups in total. The van der Waals surface area contributed by atoms with E-state index in [1.165, 1.54) is 30.5 Å². The highest BCUT2D eigenvalue weighted by Gasteiger charge is 2.14. The maximum absolute atomic E-state index is 3.51. The summed E-state index contributed by atoms with van der Waals surface area (Å²) in [5, 5.41) is 3.51. The minimum Gasteiger partial charge on any atom is -0.310 e. The van der Waals surface area contributed by atoms with Crippen molar-refractivity contribution in [3.05, 3.63) is 41.5 Å². The van der Waals surface area contributed by atoms with Gasteiger partial charge in [0, 0.05) is 6.04 Å². The van der Waals surface area contributed by atoms with E-state index < -0.39 is 0 Å². The minimum atomic E-state index is 0.607. The molecule has 1 fully saturated rings. The fourth-order valence-corrected chi connectivity index (χ4v) is 1.99. The second-order valence-electron chi connectivity index (χ2n) is 3.95. The molecular formula is C13H17N. The SMILES string of the molecule is C/C(=C\c1ccccc1)C1CCCN1. The van der Waals surface area contributed by atoms with E-state index in [0.29, 0.717) is 6.04 Å². The molecule has 14 heavy (non-hydrogen) atoms. The fraction of sp³-hybridized carbons (Fsp3) is 0.385. The molecule has 1 unspecified atom stereocenters. The van der Waals surface area contributed by atoms with Crippen LogP contribution < -0.4 is 5.32 Å². The lowest BCUT2D eigenvalue weighted by Crippen LogP contribution is -2.22. The highest BCUT2D eigenvalue weighted by molar-refractivity contribution is 5.53. The Kier molecular flexibility index (Phi) is 3.00. The summed E-state index contributed by atoms with van der Waals surface area (Å²) in [5.41, 5.74) is 2.76. The van der Waals surface area contributed by atoms with E-state index in [1.807, 2.05) is 0 Å². The van der Waals surface area contributed by atoms with Gasteiger partial charge in [0.15, 0.2) is 0 Å². The first-order valence-electron chi connectivity index (χ1n) is 5.33. The summed E-state index contributed by atoms with van der Waals surface area (Å²) in [5.74, 6) is 0. The van der Waals surface area contributed by atoms with Gasteiger partial charge in [-0.25, -0.2) is 0 Å². The van der Waals surface area contributed by atoms with Crippen LogP contribution in [0.2, 0.25) is 0 Å². The van der Waals surface area contributed by atoms with Crippen LogP contribution in [-0.4, -0.2) is 12.6 Å². The number of nitrogens with one attached hydrogen (secondary N) is 1. The van der Waals surface area contributed by atoms with E-state index in [4.69, 9.17) is 0 Å². The van der Waals surface area contributed by atoms with Gasteiger partial charge in [-0.05, 0) is 31.9 Å². The molecule has 1 aromatic carbocycles. The van der Waals surface area contributed by atoms with Crippen LogP contribution in [0.25, 0.3) is 6.08 Å². The number of hydrogen-bond donors (Lipinski definition) is 1. The van der Waals surface area contributed by atoms with Gasteiger partial charge in [-0.1, -0.05) is 42.0 Å². The van der Waals surface area contributed by atoms with Crippen LogP contribution in [0.1, 0.15) is 25.3 Å². The molecule has 1 aliphatic heterocycles. The molecule has 1 saturated heterocycles. The molecule has 0 aromatic heterocycles. The summed E-state index contributed by atoms with van der Waals surface area (Å²) in [4.78, 5) is 0. The summed E-state index contributed by atoms with van der Waals surface area (Å²) < 4.78 is 0. The maximum Gasteiger partial charge on any atom is 0.0280 e. The first-order chi connectivity index (χ1) is 6.86. The number of hydrogen-bond acceptors (Lipinski definition) is 1. The standard InChI is InChI=1S/C13H17N/c1-11(13-8-5-9-14-13)10-12-6-3-2-4-7-12/h2-4,6-7,10,13-14H,5,8-9H2,1H3/b11-10+. The lowest BCUT2D eigenvalue weighted by Gasteiger charge is -2.10. The molecule has 0 spiro atoms. The summed E-state index contributed by atoms with van der Waals surface area (Å²) >= 11 is 0. The molecule has 1 aromatic rings. The third-order valence-corrected chi connectivity index (χ3v) is 2.80. The first kappa shape index (κ1) is 9.47. The van der Waals surface area contributed by atoms with Gasteiger partial charge in [-0.15, -0.1) is 0 Å². The smallest absolute Gasteiger partial charge is 0.0280 e. The van der Waals surface area contributed by atoms with Crippen molar-refractivity contribution >= 4 is 6.08 Å². The monoisotopic (exact) mass is 187 g/mol. The fourth-order valence-electron chi connectivity index (χ4n) is 1.99. The molecule has 0 aliphatic carbocycles. The third kappa shape index (κ3) is 2.24.